The number of carboxylic acid groups (broad SMARTS) is 1. The fraction of sp³-hybridized carbons (Fsp3) is 0.364. The second kappa shape index (κ2) is 6.85. The molecule has 1 heterocycles. The van der Waals surface area contributed by atoms with Gasteiger partial charge in [0, 0.05) is 6.20 Å². The highest BCUT2D eigenvalue weighted by molar-refractivity contribution is 6.00. The Balaban J connectivity index is 2.45. The summed E-state index contributed by atoms with van der Waals surface area (Å²) in [6.45, 7) is -1.86. The van der Waals surface area contributed by atoms with Crippen molar-refractivity contribution < 1.29 is 32.6 Å². The number of aromatic carboxylic acids is 1. The van der Waals surface area contributed by atoms with Gasteiger partial charge in [0.05, 0.1) is 30.5 Å². The number of carbonyl (C=O) groups is 2. The van der Waals surface area contributed by atoms with E-state index in [0.29, 0.717) is 0 Å². The molecule has 9 heteroatoms. The van der Waals surface area contributed by atoms with E-state index in [1.54, 1.807) is 0 Å². The summed E-state index contributed by atoms with van der Waals surface area (Å²) in [6, 6.07) is 1.19. The Bertz CT molecular complexity index is 491. The molecule has 0 atom stereocenters. The summed E-state index contributed by atoms with van der Waals surface area (Å²) in [5.74, 6) is -1.92. The largest absolute Gasteiger partial charge is 0.478 e. The van der Waals surface area contributed by atoms with E-state index in [9.17, 15) is 22.8 Å². The van der Waals surface area contributed by atoms with Gasteiger partial charge in [0.1, 0.15) is 6.61 Å². The van der Waals surface area contributed by atoms with Crippen molar-refractivity contribution in [2.24, 2.45) is 0 Å². The minimum absolute atomic E-state index is 0.0270. The fourth-order valence-corrected chi connectivity index (χ4v) is 1.25. The molecule has 1 aromatic heterocycles. The Morgan fingerprint density at radius 3 is 2.70 bits per heavy atom. The molecule has 1 rings (SSSR count). The predicted octanol–water partition coefficient (Wildman–Crippen LogP) is 1.69. The number of carboxylic acids is 1. The number of nitrogens with one attached hydrogen (secondary N) is 1. The van der Waals surface area contributed by atoms with Crippen LogP contribution in [-0.4, -0.2) is 41.4 Å². The van der Waals surface area contributed by atoms with Crippen LogP contribution in [0.4, 0.5) is 18.9 Å². The average molecular weight is 292 g/mol. The van der Waals surface area contributed by atoms with Gasteiger partial charge in [-0.3, -0.25) is 9.78 Å². The van der Waals surface area contributed by atoms with Crippen LogP contribution in [0.5, 0.6) is 0 Å². The van der Waals surface area contributed by atoms with Gasteiger partial charge in [0.25, 0.3) is 0 Å². The van der Waals surface area contributed by atoms with Crippen LogP contribution in [0.3, 0.4) is 0 Å². The Morgan fingerprint density at radius 2 is 2.10 bits per heavy atom. The molecule has 1 aromatic rings. The van der Waals surface area contributed by atoms with Crippen molar-refractivity contribution in [3.63, 3.8) is 0 Å². The zero-order chi connectivity index (χ0) is 15.2. The number of alkyl halides is 3. The lowest BCUT2D eigenvalue weighted by Gasteiger charge is -2.09. The van der Waals surface area contributed by atoms with E-state index in [-0.39, 0.29) is 17.7 Å². The Labute approximate surface area is 111 Å². The molecule has 6 nitrogen and oxygen atoms in total. The molecule has 0 saturated heterocycles. The molecule has 0 saturated carbocycles. The third kappa shape index (κ3) is 5.65. The van der Waals surface area contributed by atoms with Crippen LogP contribution in [0, 0.1) is 0 Å². The molecule has 0 aromatic carbocycles. The molecule has 0 radical (unpaired) electrons. The number of anilines is 1. The van der Waals surface area contributed by atoms with E-state index >= 15 is 0 Å². The number of hydrogen-bond acceptors (Lipinski definition) is 4. The summed E-state index contributed by atoms with van der Waals surface area (Å²) in [4.78, 5) is 25.9. The maximum Gasteiger partial charge on any atom is 0.411 e. The summed E-state index contributed by atoms with van der Waals surface area (Å²) in [6.07, 6.45) is -2.40. The first-order valence-electron chi connectivity index (χ1n) is 5.41. The van der Waals surface area contributed by atoms with Crippen LogP contribution in [0.2, 0.25) is 0 Å². The molecular weight excluding hydrogens is 281 g/mol. The van der Waals surface area contributed by atoms with E-state index in [0.717, 1.165) is 6.20 Å². The van der Waals surface area contributed by atoms with Crippen molar-refractivity contribution in [2.45, 2.75) is 12.6 Å². The van der Waals surface area contributed by atoms with E-state index < -0.39 is 31.3 Å². The lowest BCUT2D eigenvalue weighted by molar-refractivity contribution is -0.174. The minimum atomic E-state index is -4.45. The van der Waals surface area contributed by atoms with Gasteiger partial charge in [0.15, 0.2) is 0 Å². The number of aromatic nitrogens is 1. The van der Waals surface area contributed by atoms with Gasteiger partial charge >= 0.3 is 12.1 Å². The molecule has 0 aliphatic rings. The highest BCUT2D eigenvalue weighted by Gasteiger charge is 2.27. The molecule has 2 N–H and O–H groups in total. The number of pyridine rings is 1. The summed E-state index contributed by atoms with van der Waals surface area (Å²) < 4.78 is 39.6. The van der Waals surface area contributed by atoms with Gasteiger partial charge in [0.2, 0.25) is 5.91 Å². The third-order valence-electron chi connectivity index (χ3n) is 2.06. The molecule has 0 aliphatic carbocycles. The van der Waals surface area contributed by atoms with Crippen LogP contribution in [0.15, 0.2) is 18.5 Å². The molecule has 0 fully saturated rings. The van der Waals surface area contributed by atoms with Gasteiger partial charge in [-0.1, -0.05) is 0 Å². The summed E-state index contributed by atoms with van der Waals surface area (Å²) in [5, 5.41) is 11.1. The highest BCUT2D eigenvalue weighted by Crippen LogP contribution is 2.15. The number of ether oxygens (including phenoxy) is 1. The van der Waals surface area contributed by atoms with Crippen molar-refractivity contribution in [3.05, 3.63) is 24.0 Å². The van der Waals surface area contributed by atoms with Gasteiger partial charge in [-0.2, -0.15) is 13.2 Å². The molecule has 110 valence electrons. The number of nitrogens with zero attached hydrogens (tertiary/aromatic N) is 1. The number of halogens is 3. The maximum atomic E-state index is 11.8. The van der Waals surface area contributed by atoms with Crippen molar-refractivity contribution in [1.29, 1.82) is 0 Å². The van der Waals surface area contributed by atoms with Crippen molar-refractivity contribution >= 4 is 17.6 Å². The standard InChI is InChI=1S/C11H11F3N2O4/c12-11(13,14)6-20-4-2-9(17)16-8-5-15-3-1-7(8)10(18)19/h1,3,5H,2,4,6H2,(H,16,17)(H,18,19). The first kappa shape index (κ1) is 15.9. The molecule has 0 aliphatic heterocycles. The molecule has 20 heavy (non-hydrogen) atoms. The average Bonchev–Trinajstić information content (AvgIpc) is 2.34. The van der Waals surface area contributed by atoms with Crippen molar-refractivity contribution in [2.75, 3.05) is 18.5 Å². The van der Waals surface area contributed by atoms with Gasteiger partial charge in [-0.05, 0) is 6.07 Å². The second-order valence-corrected chi connectivity index (χ2v) is 3.69. The van der Waals surface area contributed by atoms with E-state index in [1.807, 2.05) is 0 Å². The van der Waals surface area contributed by atoms with E-state index in [4.69, 9.17) is 5.11 Å². The van der Waals surface area contributed by atoms with E-state index in [1.165, 1.54) is 12.3 Å². The van der Waals surface area contributed by atoms with Crippen molar-refractivity contribution in [3.8, 4) is 0 Å². The van der Waals surface area contributed by atoms with Gasteiger partial charge in [-0.15, -0.1) is 0 Å². The van der Waals surface area contributed by atoms with Crippen molar-refractivity contribution in [1.82, 2.24) is 4.98 Å². The third-order valence-corrected chi connectivity index (χ3v) is 2.06. The number of carbonyl (C=O) groups excluding carboxylic acids is 1. The monoisotopic (exact) mass is 292 g/mol. The SMILES string of the molecule is O=C(CCOCC(F)(F)F)Nc1cnccc1C(=O)O. The molecule has 0 unspecified atom stereocenters. The molecule has 0 bridgehead atoms. The Hall–Kier alpha value is -2.16. The maximum absolute atomic E-state index is 11.8. The number of amides is 1. The predicted molar refractivity (Wildman–Crippen MR) is 61.3 cm³/mol. The minimum Gasteiger partial charge on any atom is -0.478 e. The molecular formula is C11H11F3N2O4. The summed E-state index contributed by atoms with van der Waals surface area (Å²) in [7, 11) is 0. The first-order valence-corrected chi connectivity index (χ1v) is 5.41. The zero-order valence-electron chi connectivity index (χ0n) is 10.1. The Morgan fingerprint density at radius 1 is 1.40 bits per heavy atom. The zero-order valence-corrected chi connectivity index (χ0v) is 10.1. The summed E-state index contributed by atoms with van der Waals surface area (Å²) >= 11 is 0. The van der Waals surface area contributed by atoms with Crippen LogP contribution < -0.4 is 5.32 Å². The van der Waals surface area contributed by atoms with Gasteiger partial charge < -0.3 is 15.2 Å². The van der Waals surface area contributed by atoms with E-state index in [2.05, 4.69) is 15.0 Å². The van der Waals surface area contributed by atoms with Crippen LogP contribution in [-0.2, 0) is 9.53 Å². The van der Waals surface area contributed by atoms with Gasteiger partial charge in [-0.25, -0.2) is 4.79 Å². The van der Waals surface area contributed by atoms with Crippen LogP contribution in [0.1, 0.15) is 16.8 Å². The van der Waals surface area contributed by atoms with Crippen LogP contribution >= 0.6 is 0 Å². The highest BCUT2D eigenvalue weighted by atomic mass is 19.4. The number of hydrogen-bond donors (Lipinski definition) is 2. The second-order valence-electron chi connectivity index (χ2n) is 3.69. The smallest absolute Gasteiger partial charge is 0.411 e. The molecule has 1 amide bonds. The number of rotatable bonds is 6. The summed E-state index contributed by atoms with van der Waals surface area (Å²) in [5.41, 5.74) is -0.189. The molecule has 0 spiro atoms. The normalized spacial score (nSPS) is 11.2. The lowest BCUT2D eigenvalue weighted by Crippen LogP contribution is -2.20. The fourth-order valence-electron chi connectivity index (χ4n) is 1.25. The van der Waals surface area contributed by atoms with Crippen LogP contribution in [0.25, 0.3) is 0 Å². The first-order chi connectivity index (χ1) is 9.29. The topological polar surface area (TPSA) is 88.5 Å². The lowest BCUT2D eigenvalue weighted by atomic mass is 10.2. The Kier molecular flexibility index (Phi) is 5.44. The quantitative estimate of drug-likeness (QED) is 0.779.